The Balaban J connectivity index is 2.84. The molecule has 1 aromatic rings. The molecule has 15 nitrogen and oxygen atoms in total. The first kappa shape index (κ1) is 32.2. The number of carboxylic acids is 4. The van der Waals surface area contributed by atoms with Crippen molar-refractivity contribution in [2.75, 3.05) is 65.6 Å². The second-order valence-corrected chi connectivity index (χ2v) is 8.17. The zero-order chi connectivity index (χ0) is 28.5. The van der Waals surface area contributed by atoms with Crippen LogP contribution in [0.15, 0.2) is 30.3 Å². The van der Waals surface area contributed by atoms with E-state index in [4.69, 9.17) is 14.9 Å². The van der Waals surface area contributed by atoms with Crippen LogP contribution in [0.25, 0.3) is 0 Å². The third-order valence-corrected chi connectivity index (χ3v) is 5.24. The maximum Gasteiger partial charge on any atom is 0.505 e. The van der Waals surface area contributed by atoms with E-state index in [0.717, 1.165) is 10.5 Å². The summed E-state index contributed by atoms with van der Waals surface area (Å²) in [5, 5.41) is 46.0. The van der Waals surface area contributed by atoms with E-state index >= 15 is 0 Å². The summed E-state index contributed by atoms with van der Waals surface area (Å²) in [6, 6.07) is 7.64. The van der Waals surface area contributed by atoms with Crippen LogP contribution >= 0.6 is 0 Å². The lowest BCUT2D eigenvalue weighted by Crippen LogP contribution is -2.50. The minimum absolute atomic E-state index is 0.0236. The second-order valence-electron chi connectivity index (χ2n) is 8.17. The fourth-order valence-electron chi connectivity index (χ4n) is 3.45. The first-order chi connectivity index (χ1) is 18.0. The van der Waals surface area contributed by atoms with Crippen molar-refractivity contribution in [2.24, 2.45) is 0 Å². The molecule has 0 saturated heterocycles. The van der Waals surface area contributed by atoms with Gasteiger partial charge >= 0.3 is 30.0 Å². The Labute approximate surface area is 218 Å². The summed E-state index contributed by atoms with van der Waals surface area (Å²) >= 11 is 0. The first-order valence-electron chi connectivity index (χ1n) is 11.5. The highest BCUT2D eigenvalue weighted by Crippen LogP contribution is 2.07. The summed E-state index contributed by atoms with van der Waals surface area (Å²) in [6.45, 7) is -2.23. The van der Waals surface area contributed by atoms with Gasteiger partial charge in [-0.05, 0) is 5.56 Å². The molecule has 1 aromatic carbocycles. The van der Waals surface area contributed by atoms with Gasteiger partial charge in [0, 0.05) is 32.7 Å². The lowest BCUT2D eigenvalue weighted by Gasteiger charge is -2.31. The molecule has 1 unspecified atom stereocenters. The van der Waals surface area contributed by atoms with E-state index in [9.17, 15) is 39.3 Å². The summed E-state index contributed by atoms with van der Waals surface area (Å²) in [7, 11) is 0. The van der Waals surface area contributed by atoms with Gasteiger partial charge in [-0.15, -0.1) is 0 Å². The molecule has 0 aliphatic rings. The molecule has 1 atom stereocenters. The Morgan fingerprint density at radius 1 is 0.711 bits per heavy atom. The maximum absolute atomic E-state index is 11.9. The van der Waals surface area contributed by atoms with Crippen LogP contribution in [-0.4, -0.2) is 142 Å². The second kappa shape index (κ2) is 17.6. The standard InChI is InChI=1S/C23H33N3O12/c27-19(28)12-24(6-7-25(13-20(29)30)10-11-38-23(35)36)8-9-26(14-21(31)32)18(22(33)34)16-37-15-17-4-2-1-3-5-17/h1-5,18H,6-16H2,(H,27,28)(H,29,30)(H,31,32)(H,33,34)(H,35,36). The monoisotopic (exact) mass is 543 g/mol. The van der Waals surface area contributed by atoms with E-state index in [0.29, 0.717) is 0 Å². The van der Waals surface area contributed by atoms with Crippen LogP contribution < -0.4 is 0 Å². The van der Waals surface area contributed by atoms with Gasteiger partial charge < -0.3 is 35.0 Å². The van der Waals surface area contributed by atoms with Crippen molar-refractivity contribution in [3.8, 4) is 0 Å². The summed E-state index contributed by atoms with van der Waals surface area (Å²) in [6.07, 6.45) is -1.52. The number of aliphatic carboxylic acids is 4. The normalized spacial score (nSPS) is 12.0. The quantitative estimate of drug-likeness (QED) is 0.124. The molecule has 0 heterocycles. The van der Waals surface area contributed by atoms with Crippen LogP contribution in [0.4, 0.5) is 4.79 Å². The molecule has 0 bridgehead atoms. The molecule has 38 heavy (non-hydrogen) atoms. The first-order valence-corrected chi connectivity index (χ1v) is 11.5. The Morgan fingerprint density at radius 3 is 1.74 bits per heavy atom. The number of rotatable bonds is 21. The molecule has 212 valence electrons. The number of benzene rings is 1. The zero-order valence-corrected chi connectivity index (χ0v) is 20.7. The lowest BCUT2D eigenvalue weighted by atomic mass is 10.2. The Bertz CT molecular complexity index is 914. The van der Waals surface area contributed by atoms with Crippen LogP contribution in [0.5, 0.6) is 0 Å². The Morgan fingerprint density at radius 2 is 1.24 bits per heavy atom. The van der Waals surface area contributed by atoms with E-state index in [1.807, 2.05) is 6.07 Å². The van der Waals surface area contributed by atoms with E-state index < -0.39 is 55.7 Å². The van der Waals surface area contributed by atoms with E-state index in [2.05, 4.69) is 4.74 Å². The maximum atomic E-state index is 11.9. The number of carbonyl (C=O) groups is 5. The van der Waals surface area contributed by atoms with Crippen LogP contribution in [0, 0.1) is 0 Å². The van der Waals surface area contributed by atoms with Gasteiger partial charge in [-0.1, -0.05) is 30.3 Å². The van der Waals surface area contributed by atoms with E-state index in [1.54, 1.807) is 24.3 Å². The molecule has 5 N–H and O–H groups in total. The summed E-state index contributed by atoms with van der Waals surface area (Å²) < 4.78 is 9.90. The van der Waals surface area contributed by atoms with Crippen molar-refractivity contribution >= 4 is 30.0 Å². The molecule has 0 saturated carbocycles. The smallest absolute Gasteiger partial charge is 0.480 e. The van der Waals surface area contributed by atoms with Gasteiger partial charge in [0.15, 0.2) is 0 Å². The number of ether oxygens (including phenoxy) is 2. The fourth-order valence-corrected chi connectivity index (χ4v) is 3.45. The van der Waals surface area contributed by atoms with Crippen molar-refractivity contribution < 1.29 is 59.0 Å². The molecule has 0 amide bonds. The topological polar surface area (TPSA) is 215 Å². The van der Waals surface area contributed by atoms with Gasteiger partial charge in [-0.2, -0.15) is 0 Å². The van der Waals surface area contributed by atoms with Crippen molar-refractivity contribution in [2.45, 2.75) is 12.6 Å². The van der Waals surface area contributed by atoms with Crippen LogP contribution in [0.1, 0.15) is 5.56 Å². The van der Waals surface area contributed by atoms with Crippen molar-refractivity contribution in [1.29, 1.82) is 0 Å². The third kappa shape index (κ3) is 14.7. The molecule has 15 heteroatoms. The number of nitrogens with zero attached hydrogens (tertiary/aromatic N) is 3. The summed E-state index contributed by atoms with van der Waals surface area (Å²) in [5.74, 6) is -4.97. The Kier molecular flexibility index (Phi) is 15.0. The van der Waals surface area contributed by atoms with Gasteiger partial charge in [-0.25, -0.2) is 4.79 Å². The average molecular weight is 544 g/mol. The summed E-state index contributed by atoms with van der Waals surface area (Å²) in [5.41, 5.74) is 0.800. The molecule has 0 fully saturated rings. The van der Waals surface area contributed by atoms with Crippen molar-refractivity contribution in [1.82, 2.24) is 14.7 Å². The predicted octanol–water partition coefficient (Wildman–Crippen LogP) is -0.489. The highest BCUT2D eigenvalue weighted by molar-refractivity contribution is 5.75. The largest absolute Gasteiger partial charge is 0.505 e. The number of hydrogen-bond acceptors (Lipinski definition) is 10. The molecule has 0 aliphatic heterocycles. The van der Waals surface area contributed by atoms with E-state index in [1.165, 1.54) is 9.80 Å². The van der Waals surface area contributed by atoms with Gasteiger partial charge in [0.25, 0.3) is 0 Å². The molecule has 0 spiro atoms. The lowest BCUT2D eigenvalue weighted by molar-refractivity contribution is -0.149. The predicted molar refractivity (Wildman–Crippen MR) is 129 cm³/mol. The fraction of sp³-hybridized carbons (Fsp3) is 0.522. The van der Waals surface area contributed by atoms with Crippen molar-refractivity contribution in [3.63, 3.8) is 0 Å². The molecule has 0 aliphatic carbocycles. The number of hydrogen-bond donors (Lipinski definition) is 5. The summed E-state index contributed by atoms with van der Waals surface area (Å²) in [4.78, 5) is 60.3. The molecule has 0 aromatic heterocycles. The molecular weight excluding hydrogens is 510 g/mol. The minimum atomic E-state index is -1.52. The van der Waals surface area contributed by atoms with Crippen LogP contribution in [-0.2, 0) is 35.3 Å². The van der Waals surface area contributed by atoms with Gasteiger partial charge in [-0.3, -0.25) is 33.9 Å². The van der Waals surface area contributed by atoms with Crippen LogP contribution in [0.3, 0.4) is 0 Å². The third-order valence-electron chi connectivity index (χ3n) is 5.24. The van der Waals surface area contributed by atoms with E-state index in [-0.39, 0.29) is 52.5 Å². The molecular formula is C23H33N3O12. The zero-order valence-electron chi connectivity index (χ0n) is 20.7. The highest BCUT2D eigenvalue weighted by atomic mass is 16.7. The van der Waals surface area contributed by atoms with Gasteiger partial charge in [0.1, 0.15) is 12.6 Å². The SMILES string of the molecule is O=C(O)CN(CCOC(=O)O)CCN(CCN(CC(=O)O)C(COCc1ccccc1)C(=O)O)CC(=O)O. The highest BCUT2D eigenvalue weighted by Gasteiger charge is 2.28. The van der Waals surface area contributed by atoms with Crippen molar-refractivity contribution in [3.05, 3.63) is 35.9 Å². The average Bonchev–Trinajstić information content (AvgIpc) is 2.82. The molecule has 0 radical (unpaired) electrons. The Hall–Kier alpha value is -3.79. The van der Waals surface area contributed by atoms with Gasteiger partial charge in [0.2, 0.25) is 0 Å². The number of carboxylic acid groups (broad SMARTS) is 5. The van der Waals surface area contributed by atoms with Crippen LogP contribution in [0.2, 0.25) is 0 Å². The molecule has 1 rings (SSSR count). The van der Waals surface area contributed by atoms with Gasteiger partial charge in [0.05, 0.1) is 32.8 Å². The minimum Gasteiger partial charge on any atom is -0.480 e.